The Morgan fingerprint density at radius 1 is 1.08 bits per heavy atom. The van der Waals surface area contributed by atoms with Crippen molar-refractivity contribution >= 4 is 19.9 Å². The second kappa shape index (κ2) is 5.16. The molecule has 0 N–H and O–H groups in total. The molecule has 0 saturated heterocycles. The van der Waals surface area contributed by atoms with E-state index in [1.165, 1.54) is 10.5 Å². The summed E-state index contributed by atoms with van der Waals surface area (Å²) in [6, 6.07) is 8.14. The average Bonchev–Trinajstić information content (AvgIpc) is 1.92. The summed E-state index contributed by atoms with van der Waals surface area (Å²) < 4.78 is 39.0. The molecule has 0 atom stereocenters. The highest BCUT2D eigenvalue weighted by atomic mass is 32.1. The van der Waals surface area contributed by atoms with Gasteiger partial charge < -0.3 is 17.3 Å². The molecule has 0 aromatic heterocycles. The van der Waals surface area contributed by atoms with Crippen molar-refractivity contribution in [1.29, 1.82) is 0 Å². The molecular formula is C7H9BF4S. The fourth-order valence-electron chi connectivity index (χ4n) is 0.573. The Labute approximate surface area is 79.5 Å². The zero-order valence-electron chi connectivity index (χ0n) is 6.90. The van der Waals surface area contributed by atoms with Gasteiger partial charge in [-0.25, -0.2) is 0 Å². The minimum Gasteiger partial charge on any atom is -0.418 e. The Kier molecular flexibility index (Phi) is 4.91. The van der Waals surface area contributed by atoms with Crippen LogP contribution in [0.3, 0.4) is 0 Å². The van der Waals surface area contributed by atoms with Crippen molar-refractivity contribution in [2.75, 3.05) is 0 Å². The third-order valence-electron chi connectivity index (χ3n) is 1.15. The Bertz CT molecular complexity index is 234. The van der Waals surface area contributed by atoms with Crippen molar-refractivity contribution in [2.24, 2.45) is 0 Å². The summed E-state index contributed by atoms with van der Waals surface area (Å²) in [7, 11) is -6.00. The van der Waals surface area contributed by atoms with Crippen LogP contribution in [0.2, 0.25) is 0 Å². The summed E-state index contributed by atoms with van der Waals surface area (Å²) in [4.78, 5) is 1.17. The number of hydrogen-bond acceptors (Lipinski definition) is 0. The van der Waals surface area contributed by atoms with Gasteiger partial charge in [-0.2, -0.15) is 0 Å². The van der Waals surface area contributed by atoms with Crippen molar-refractivity contribution < 1.29 is 17.3 Å². The number of benzene rings is 1. The highest BCUT2D eigenvalue weighted by molar-refractivity contribution is 7.58. The molecule has 1 rings (SSSR count). The number of hydrogen-bond donors (Lipinski definition) is 0. The summed E-state index contributed by atoms with van der Waals surface area (Å²) in [5, 5.41) is 0. The zero-order valence-corrected chi connectivity index (χ0v) is 7.90. The molecule has 1 aromatic rings. The Balaban J connectivity index is 0.000000252. The molecule has 0 aliphatic carbocycles. The summed E-state index contributed by atoms with van der Waals surface area (Å²) >= 11 is 3.44. The van der Waals surface area contributed by atoms with Gasteiger partial charge in [-0.1, -0.05) is 18.2 Å². The molecular weight excluding hydrogens is 203 g/mol. The van der Waals surface area contributed by atoms with Crippen molar-refractivity contribution in [3.05, 3.63) is 29.8 Å². The monoisotopic (exact) mass is 212 g/mol. The Morgan fingerprint density at radius 3 is 1.69 bits per heavy atom. The van der Waals surface area contributed by atoms with Crippen LogP contribution in [0.5, 0.6) is 0 Å². The van der Waals surface area contributed by atoms with Crippen molar-refractivity contribution in [1.82, 2.24) is 0 Å². The SMILES string of the molecule is Cc1ccccc1[SH2+].F[B-](F)(F)F. The van der Waals surface area contributed by atoms with Crippen LogP contribution >= 0.6 is 0 Å². The number of aryl methyl sites for hydroxylation is 1. The molecule has 74 valence electrons. The minimum atomic E-state index is -6.00. The van der Waals surface area contributed by atoms with Crippen LogP contribution in [0.15, 0.2) is 29.2 Å². The quantitative estimate of drug-likeness (QED) is 0.352. The van der Waals surface area contributed by atoms with E-state index in [9.17, 15) is 17.3 Å². The molecule has 0 amide bonds. The van der Waals surface area contributed by atoms with E-state index >= 15 is 0 Å². The van der Waals surface area contributed by atoms with Gasteiger partial charge in [-0.3, -0.25) is 0 Å². The highest BCUT2D eigenvalue weighted by Gasteiger charge is 2.20. The summed E-state index contributed by atoms with van der Waals surface area (Å²) in [5.74, 6) is 0. The molecule has 0 spiro atoms. The number of rotatable bonds is 0. The molecule has 0 aliphatic rings. The van der Waals surface area contributed by atoms with Crippen LogP contribution < -0.4 is 0 Å². The van der Waals surface area contributed by atoms with Gasteiger partial charge >= 0.3 is 7.25 Å². The van der Waals surface area contributed by atoms with Gasteiger partial charge in [-0.05, 0) is 25.6 Å². The lowest BCUT2D eigenvalue weighted by molar-refractivity contribution is 0.368. The molecule has 1 aromatic carbocycles. The highest BCUT2D eigenvalue weighted by Crippen LogP contribution is 2.06. The lowest BCUT2D eigenvalue weighted by atomic mass is 10.2. The van der Waals surface area contributed by atoms with E-state index < -0.39 is 7.25 Å². The van der Waals surface area contributed by atoms with Gasteiger partial charge in [-0.15, -0.1) is 0 Å². The molecule has 0 radical (unpaired) electrons. The molecule has 0 saturated carbocycles. The van der Waals surface area contributed by atoms with Crippen molar-refractivity contribution in [3.8, 4) is 0 Å². The average molecular weight is 212 g/mol. The van der Waals surface area contributed by atoms with Crippen molar-refractivity contribution in [2.45, 2.75) is 11.8 Å². The first-order valence-corrected chi connectivity index (χ1v) is 3.95. The summed E-state index contributed by atoms with van der Waals surface area (Å²) in [6.07, 6.45) is 0. The van der Waals surface area contributed by atoms with E-state index in [4.69, 9.17) is 0 Å². The lowest BCUT2D eigenvalue weighted by Crippen LogP contribution is -2.02. The van der Waals surface area contributed by atoms with Crippen LogP contribution in [0.25, 0.3) is 0 Å². The fourth-order valence-corrected chi connectivity index (χ4v) is 0.752. The zero-order chi connectivity index (χ0) is 10.5. The van der Waals surface area contributed by atoms with E-state index in [1.54, 1.807) is 0 Å². The normalized spacial score (nSPS) is 10.3. The largest absolute Gasteiger partial charge is 0.673 e. The van der Waals surface area contributed by atoms with Gasteiger partial charge in [0.05, 0.1) is 0 Å². The molecule has 13 heavy (non-hydrogen) atoms. The number of halogens is 4. The second-order valence-electron chi connectivity index (χ2n) is 2.31. The first-order chi connectivity index (χ1) is 5.80. The van der Waals surface area contributed by atoms with Crippen LogP contribution in [0.4, 0.5) is 17.3 Å². The van der Waals surface area contributed by atoms with Crippen LogP contribution in [0, 0.1) is 6.92 Å². The maximum Gasteiger partial charge on any atom is 0.673 e. The minimum absolute atomic E-state index is 1.17. The Morgan fingerprint density at radius 2 is 1.46 bits per heavy atom. The molecule has 0 nitrogen and oxygen atoms in total. The van der Waals surface area contributed by atoms with Gasteiger partial charge in [0.2, 0.25) is 0 Å². The summed E-state index contributed by atoms with van der Waals surface area (Å²) in [6.45, 7) is 2.07. The second-order valence-corrected chi connectivity index (χ2v) is 2.85. The molecule has 0 aliphatic heterocycles. The maximum atomic E-state index is 9.75. The third-order valence-corrected chi connectivity index (χ3v) is 1.71. The topological polar surface area (TPSA) is 0 Å². The van der Waals surface area contributed by atoms with E-state index in [1.807, 2.05) is 18.2 Å². The van der Waals surface area contributed by atoms with Crippen LogP contribution in [-0.4, -0.2) is 7.25 Å². The van der Waals surface area contributed by atoms with E-state index in [0.717, 1.165) is 0 Å². The first-order valence-electron chi connectivity index (χ1n) is 3.45. The Hall–Kier alpha value is -0.645. The maximum absolute atomic E-state index is 9.75. The molecule has 6 heteroatoms. The standard InChI is InChI=1S/C7H8S.BF4/c1-6-4-2-3-5-7(6)8;2-1(3,4)5/h2-5,8H,1H3;/q;-1/p+1. The predicted molar refractivity (Wildman–Crippen MR) is 49.8 cm³/mol. The molecule has 0 fully saturated rings. The lowest BCUT2D eigenvalue weighted by Gasteiger charge is -1.94. The third kappa shape index (κ3) is 9.27. The smallest absolute Gasteiger partial charge is 0.418 e. The molecule has 0 unspecified atom stereocenters. The van der Waals surface area contributed by atoms with Crippen LogP contribution in [-0.2, 0) is 12.6 Å². The summed E-state index contributed by atoms with van der Waals surface area (Å²) in [5.41, 5.74) is 1.28. The molecule has 0 bridgehead atoms. The van der Waals surface area contributed by atoms with Crippen molar-refractivity contribution in [3.63, 3.8) is 0 Å². The van der Waals surface area contributed by atoms with E-state index in [2.05, 4.69) is 25.6 Å². The van der Waals surface area contributed by atoms with Gasteiger partial charge in [0.25, 0.3) is 0 Å². The predicted octanol–water partition coefficient (Wildman–Crippen LogP) is 2.67. The fraction of sp³-hybridized carbons (Fsp3) is 0.143. The van der Waals surface area contributed by atoms with Gasteiger partial charge in [0.15, 0.2) is 4.90 Å². The molecule has 0 heterocycles. The van der Waals surface area contributed by atoms with Crippen LogP contribution in [0.1, 0.15) is 5.56 Å². The van der Waals surface area contributed by atoms with Gasteiger partial charge in [0, 0.05) is 5.56 Å². The van der Waals surface area contributed by atoms with E-state index in [-0.39, 0.29) is 0 Å². The first kappa shape index (κ1) is 12.4. The van der Waals surface area contributed by atoms with Gasteiger partial charge in [0.1, 0.15) is 0 Å². The van der Waals surface area contributed by atoms with E-state index in [0.29, 0.717) is 0 Å².